The van der Waals surface area contributed by atoms with Gasteiger partial charge in [-0.3, -0.25) is 14.4 Å². The van der Waals surface area contributed by atoms with Crippen LogP contribution in [0, 0.1) is 11.8 Å². The van der Waals surface area contributed by atoms with Gasteiger partial charge in [-0.2, -0.15) is 0 Å². The van der Waals surface area contributed by atoms with Gasteiger partial charge in [0, 0.05) is 6.04 Å². The Morgan fingerprint density at radius 3 is 2.46 bits per heavy atom. The molecule has 0 radical (unpaired) electrons. The van der Waals surface area contributed by atoms with E-state index in [2.05, 4.69) is 10.6 Å². The number of carbonyl (C=O) groups excluding carboxylic acids is 2. The molecule has 0 spiro atoms. The van der Waals surface area contributed by atoms with Crippen LogP contribution < -0.4 is 15.4 Å². The molecule has 2 rings (SSSR count). The number of methoxy groups -OCH3 is 1. The fraction of sp³-hybridized carbons (Fsp3) is 0.526. The number of hydrogen-bond donors (Lipinski definition) is 3. The van der Waals surface area contributed by atoms with E-state index in [0.29, 0.717) is 30.6 Å². The molecule has 0 saturated heterocycles. The highest BCUT2D eigenvalue weighted by atomic mass is 16.5. The van der Waals surface area contributed by atoms with Gasteiger partial charge in [-0.15, -0.1) is 0 Å². The molecule has 3 atom stereocenters. The third-order valence-corrected chi connectivity index (χ3v) is 4.72. The van der Waals surface area contributed by atoms with Crippen molar-refractivity contribution in [2.45, 2.75) is 45.2 Å². The van der Waals surface area contributed by atoms with Gasteiger partial charge >= 0.3 is 5.97 Å². The highest BCUT2D eigenvalue weighted by Gasteiger charge is 2.33. The van der Waals surface area contributed by atoms with E-state index in [9.17, 15) is 14.4 Å². The lowest BCUT2D eigenvalue weighted by Gasteiger charge is -2.24. The van der Waals surface area contributed by atoms with Crippen molar-refractivity contribution in [2.75, 3.05) is 7.11 Å². The quantitative estimate of drug-likeness (QED) is 0.686. The van der Waals surface area contributed by atoms with Crippen molar-refractivity contribution < 1.29 is 24.2 Å². The molecule has 142 valence electrons. The van der Waals surface area contributed by atoms with Crippen LogP contribution in [0.3, 0.4) is 0 Å². The Hall–Kier alpha value is -2.57. The topological polar surface area (TPSA) is 105 Å². The lowest BCUT2D eigenvalue weighted by atomic mass is 10.0. The third-order valence-electron chi connectivity index (χ3n) is 4.72. The van der Waals surface area contributed by atoms with E-state index in [4.69, 9.17) is 9.84 Å². The Morgan fingerprint density at radius 1 is 1.19 bits per heavy atom. The number of para-hydroxylation sites is 1. The van der Waals surface area contributed by atoms with Gasteiger partial charge in [-0.1, -0.05) is 26.0 Å². The highest BCUT2D eigenvalue weighted by Crippen LogP contribution is 2.26. The number of ether oxygens (including phenoxy) is 1. The van der Waals surface area contributed by atoms with Crippen molar-refractivity contribution in [2.24, 2.45) is 11.8 Å². The predicted molar refractivity (Wildman–Crippen MR) is 96.0 cm³/mol. The molecular formula is C19H26N2O5. The molecule has 1 saturated carbocycles. The smallest absolute Gasteiger partial charge is 0.306 e. The van der Waals surface area contributed by atoms with E-state index >= 15 is 0 Å². The van der Waals surface area contributed by atoms with Crippen molar-refractivity contribution in [3.63, 3.8) is 0 Å². The van der Waals surface area contributed by atoms with Crippen LogP contribution in [-0.4, -0.2) is 42.1 Å². The first-order valence-electron chi connectivity index (χ1n) is 8.80. The summed E-state index contributed by atoms with van der Waals surface area (Å²) in [5.74, 6) is -1.60. The maximum absolute atomic E-state index is 12.6. The summed E-state index contributed by atoms with van der Waals surface area (Å²) < 4.78 is 5.19. The molecular weight excluding hydrogens is 336 g/mol. The minimum absolute atomic E-state index is 0.120. The first-order chi connectivity index (χ1) is 12.3. The van der Waals surface area contributed by atoms with Gasteiger partial charge in [-0.25, -0.2) is 0 Å². The normalized spacial score (nSPS) is 20.5. The van der Waals surface area contributed by atoms with Crippen molar-refractivity contribution in [3.8, 4) is 5.75 Å². The second-order valence-electron chi connectivity index (χ2n) is 6.95. The second kappa shape index (κ2) is 8.69. The molecule has 1 unspecified atom stereocenters. The molecule has 0 bridgehead atoms. The molecule has 1 aliphatic rings. The van der Waals surface area contributed by atoms with Gasteiger partial charge < -0.3 is 20.5 Å². The maximum Gasteiger partial charge on any atom is 0.306 e. The largest absolute Gasteiger partial charge is 0.496 e. The molecule has 3 N–H and O–H groups in total. The minimum Gasteiger partial charge on any atom is -0.496 e. The Balaban J connectivity index is 2.03. The monoisotopic (exact) mass is 362 g/mol. The molecule has 0 aliphatic heterocycles. The number of carboxylic acid groups (broad SMARTS) is 1. The summed E-state index contributed by atoms with van der Waals surface area (Å²) in [5, 5.41) is 14.7. The number of carboxylic acids is 1. The zero-order valence-electron chi connectivity index (χ0n) is 15.3. The summed E-state index contributed by atoms with van der Waals surface area (Å²) >= 11 is 0. The molecule has 0 heterocycles. The van der Waals surface area contributed by atoms with Crippen LogP contribution in [0.2, 0.25) is 0 Å². The van der Waals surface area contributed by atoms with Crippen LogP contribution in [0.5, 0.6) is 5.75 Å². The number of benzene rings is 1. The number of carbonyl (C=O) groups is 3. The van der Waals surface area contributed by atoms with Gasteiger partial charge in [0.05, 0.1) is 18.6 Å². The molecule has 0 aromatic heterocycles. The van der Waals surface area contributed by atoms with Crippen molar-refractivity contribution in [1.29, 1.82) is 0 Å². The summed E-state index contributed by atoms with van der Waals surface area (Å²) in [4.78, 5) is 36.3. The van der Waals surface area contributed by atoms with E-state index in [-0.39, 0.29) is 23.8 Å². The molecule has 7 heteroatoms. The Kier molecular flexibility index (Phi) is 6.60. The summed E-state index contributed by atoms with van der Waals surface area (Å²) in [5.41, 5.74) is 0.361. The fourth-order valence-corrected chi connectivity index (χ4v) is 3.21. The maximum atomic E-state index is 12.6. The van der Waals surface area contributed by atoms with Crippen molar-refractivity contribution >= 4 is 17.8 Å². The average Bonchev–Trinajstić information content (AvgIpc) is 3.07. The van der Waals surface area contributed by atoms with Crippen LogP contribution in [0.15, 0.2) is 24.3 Å². The molecule has 1 fully saturated rings. The molecule has 26 heavy (non-hydrogen) atoms. The Bertz CT molecular complexity index is 674. The fourth-order valence-electron chi connectivity index (χ4n) is 3.21. The third kappa shape index (κ3) is 4.74. The van der Waals surface area contributed by atoms with E-state index in [1.807, 2.05) is 13.8 Å². The molecule has 1 aliphatic carbocycles. The highest BCUT2D eigenvalue weighted by molar-refractivity contribution is 5.99. The van der Waals surface area contributed by atoms with Crippen LogP contribution in [0.25, 0.3) is 0 Å². The molecule has 2 amide bonds. The Labute approximate surface area is 153 Å². The van der Waals surface area contributed by atoms with Crippen LogP contribution >= 0.6 is 0 Å². The lowest BCUT2D eigenvalue weighted by molar-refractivity contribution is -0.141. The van der Waals surface area contributed by atoms with Crippen LogP contribution in [-0.2, 0) is 9.59 Å². The number of amides is 2. The minimum atomic E-state index is -0.827. The van der Waals surface area contributed by atoms with Gasteiger partial charge in [0.2, 0.25) is 5.91 Å². The zero-order valence-corrected chi connectivity index (χ0v) is 15.3. The standard InChI is InChI=1S/C19H26N2O5/c1-11(2)16(18(23)20-13-9-8-12(10-13)19(24)25)21-17(22)14-6-4-5-7-15(14)26-3/h4-7,11-13,16H,8-10H2,1-3H3,(H,20,23)(H,21,22)(H,24,25)/t12-,13+,16?/m0/s1. The van der Waals surface area contributed by atoms with E-state index in [1.54, 1.807) is 24.3 Å². The van der Waals surface area contributed by atoms with E-state index in [0.717, 1.165) is 0 Å². The SMILES string of the molecule is COc1ccccc1C(=O)NC(C(=O)N[C@@H]1CC[C@H](C(=O)O)C1)C(C)C. The number of hydrogen-bond acceptors (Lipinski definition) is 4. The number of aliphatic carboxylic acids is 1. The number of nitrogens with one attached hydrogen (secondary N) is 2. The predicted octanol–water partition coefficient (Wildman–Crippen LogP) is 1.82. The average molecular weight is 362 g/mol. The van der Waals surface area contributed by atoms with Gasteiger partial charge in [0.1, 0.15) is 11.8 Å². The summed E-state index contributed by atoms with van der Waals surface area (Å²) in [7, 11) is 1.48. The second-order valence-corrected chi connectivity index (χ2v) is 6.95. The summed E-state index contributed by atoms with van der Waals surface area (Å²) in [6.45, 7) is 3.70. The van der Waals surface area contributed by atoms with Gasteiger partial charge in [0.25, 0.3) is 5.91 Å². The lowest BCUT2D eigenvalue weighted by Crippen LogP contribution is -2.51. The zero-order chi connectivity index (χ0) is 19.3. The first-order valence-corrected chi connectivity index (χ1v) is 8.80. The number of rotatable bonds is 7. The van der Waals surface area contributed by atoms with Crippen molar-refractivity contribution in [3.05, 3.63) is 29.8 Å². The van der Waals surface area contributed by atoms with Crippen LogP contribution in [0.1, 0.15) is 43.5 Å². The van der Waals surface area contributed by atoms with Gasteiger partial charge in [-0.05, 0) is 37.3 Å². The Morgan fingerprint density at radius 2 is 1.88 bits per heavy atom. The molecule has 1 aromatic carbocycles. The van der Waals surface area contributed by atoms with E-state index in [1.165, 1.54) is 7.11 Å². The van der Waals surface area contributed by atoms with Crippen LogP contribution in [0.4, 0.5) is 0 Å². The first kappa shape index (κ1) is 19.8. The summed E-state index contributed by atoms with van der Waals surface area (Å²) in [6.07, 6.45) is 1.61. The molecule has 1 aromatic rings. The van der Waals surface area contributed by atoms with Crippen molar-refractivity contribution in [1.82, 2.24) is 10.6 Å². The van der Waals surface area contributed by atoms with Gasteiger partial charge in [0.15, 0.2) is 0 Å². The summed E-state index contributed by atoms with van der Waals surface area (Å²) in [6, 6.07) is 5.93. The molecule has 7 nitrogen and oxygen atoms in total. The van der Waals surface area contributed by atoms with E-state index < -0.39 is 17.9 Å².